The molecule has 0 amide bonds. The van der Waals surface area contributed by atoms with E-state index in [-0.39, 0.29) is 0 Å². The molecule has 0 saturated carbocycles. The van der Waals surface area contributed by atoms with E-state index >= 15 is 0 Å². The van der Waals surface area contributed by atoms with E-state index in [1.807, 2.05) is 25.3 Å². The first kappa shape index (κ1) is 23.3. The van der Waals surface area contributed by atoms with Crippen LogP contribution in [0.2, 0.25) is 10.0 Å². The summed E-state index contributed by atoms with van der Waals surface area (Å²) in [6.07, 6.45) is 6.51. The van der Waals surface area contributed by atoms with Crippen molar-refractivity contribution >= 4 is 40.8 Å². The van der Waals surface area contributed by atoms with Crippen LogP contribution in [0, 0.1) is 18.8 Å². The summed E-state index contributed by atoms with van der Waals surface area (Å²) in [6, 6.07) is 6.04. The summed E-state index contributed by atoms with van der Waals surface area (Å²) >= 11 is 13.9. The molecule has 2 unspecified atom stereocenters. The van der Waals surface area contributed by atoms with Crippen molar-refractivity contribution in [2.75, 3.05) is 5.32 Å². The molecule has 2 rings (SSSR count). The van der Waals surface area contributed by atoms with E-state index in [9.17, 15) is 0 Å². The normalized spacial score (nSPS) is 14.5. The topological polar surface area (TPSA) is 37.8 Å². The number of rotatable bonds is 10. The molecular formula is C22H31Cl2N3S. The Kier molecular flexibility index (Phi) is 9.39. The number of anilines is 1. The van der Waals surface area contributed by atoms with Gasteiger partial charge < -0.3 is 5.32 Å². The summed E-state index contributed by atoms with van der Waals surface area (Å²) in [6.45, 7) is 11.1. The molecule has 1 N–H and O–H groups in total. The smallest absolute Gasteiger partial charge is 0.145 e. The first-order chi connectivity index (χ1) is 13.3. The van der Waals surface area contributed by atoms with Gasteiger partial charge in [-0.25, -0.2) is 9.97 Å². The lowest BCUT2D eigenvalue weighted by molar-refractivity contribution is 0.397. The van der Waals surface area contributed by atoms with E-state index in [4.69, 9.17) is 28.2 Å². The molecule has 1 heterocycles. The third-order valence-electron chi connectivity index (χ3n) is 5.14. The second kappa shape index (κ2) is 11.3. The Morgan fingerprint density at radius 1 is 1.07 bits per heavy atom. The van der Waals surface area contributed by atoms with Gasteiger partial charge in [0.2, 0.25) is 0 Å². The minimum Gasteiger partial charge on any atom is -0.366 e. The van der Waals surface area contributed by atoms with Crippen LogP contribution in [-0.4, -0.2) is 16.0 Å². The summed E-state index contributed by atoms with van der Waals surface area (Å²) < 4.78 is 0. The summed E-state index contributed by atoms with van der Waals surface area (Å²) in [5.41, 5.74) is 0.886. The first-order valence-electron chi connectivity index (χ1n) is 10.1. The number of hydrogen-bond acceptors (Lipinski definition) is 4. The fourth-order valence-electron chi connectivity index (χ4n) is 3.04. The van der Waals surface area contributed by atoms with Gasteiger partial charge in [-0.05, 0) is 43.7 Å². The summed E-state index contributed by atoms with van der Waals surface area (Å²) in [5.74, 6) is 2.22. The molecule has 3 nitrogen and oxygen atoms in total. The van der Waals surface area contributed by atoms with Crippen molar-refractivity contribution in [3.63, 3.8) is 0 Å². The average molecular weight is 440 g/mol. The number of nitrogens with zero attached hydrogens (tertiary/aromatic N) is 2. The highest BCUT2D eigenvalue weighted by molar-refractivity contribution is 7.99. The van der Waals surface area contributed by atoms with Crippen LogP contribution in [0.5, 0.6) is 0 Å². The van der Waals surface area contributed by atoms with Crippen LogP contribution in [0.25, 0.3) is 0 Å². The zero-order valence-corrected chi connectivity index (χ0v) is 19.8. The number of aryl methyl sites for hydroxylation is 1. The summed E-state index contributed by atoms with van der Waals surface area (Å²) in [4.78, 5) is 10.3. The van der Waals surface area contributed by atoms with Crippen LogP contribution in [0.1, 0.15) is 59.1 Å². The Bertz CT molecular complexity index is 757. The molecule has 0 aliphatic carbocycles. The Morgan fingerprint density at radius 3 is 2.29 bits per heavy atom. The zero-order chi connectivity index (χ0) is 20.7. The highest BCUT2D eigenvalue weighted by Gasteiger charge is 2.17. The molecule has 0 radical (unpaired) electrons. The molecule has 0 spiro atoms. The Hall–Kier alpha value is -0.970. The maximum absolute atomic E-state index is 6.31. The van der Waals surface area contributed by atoms with Crippen molar-refractivity contribution in [1.82, 2.24) is 9.97 Å². The van der Waals surface area contributed by atoms with Crippen molar-refractivity contribution in [3.05, 3.63) is 40.1 Å². The molecule has 1 aromatic heterocycles. The molecule has 0 saturated heterocycles. The minimum atomic E-state index is 0.416. The number of aromatic nitrogens is 2. The van der Waals surface area contributed by atoms with Crippen molar-refractivity contribution in [1.29, 1.82) is 0 Å². The van der Waals surface area contributed by atoms with Crippen LogP contribution < -0.4 is 5.32 Å². The molecule has 28 heavy (non-hydrogen) atoms. The molecule has 0 aliphatic heterocycles. The van der Waals surface area contributed by atoms with Gasteiger partial charge in [0.05, 0.1) is 21.9 Å². The van der Waals surface area contributed by atoms with Gasteiger partial charge in [0.15, 0.2) is 0 Å². The van der Waals surface area contributed by atoms with Crippen molar-refractivity contribution < 1.29 is 0 Å². The van der Waals surface area contributed by atoms with Gasteiger partial charge in [-0.3, -0.25) is 0 Å². The van der Waals surface area contributed by atoms with Gasteiger partial charge in [-0.1, -0.05) is 81.6 Å². The Balaban J connectivity index is 2.13. The van der Waals surface area contributed by atoms with Gasteiger partial charge in [-0.15, -0.1) is 0 Å². The van der Waals surface area contributed by atoms with Crippen LogP contribution >= 0.6 is 35.0 Å². The monoisotopic (exact) mass is 439 g/mol. The second-order valence-electron chi connectivity index (χ2n) is 7.64. The van der Waals surface area contributed by atoms with Crippen LogP contribution in [0.15, 0.2) is 34.3 Å². The number of nitrogens with one attached hydrogen (secondary N) is 1. The quantitative estimate of drug-likeness (QED) is 0.408. The molecule has 154 valence electrons. The SMILES string of the molecule is CCC(C)CC(CC(C)CC)Nc1cnc(Sc2cccc(Cl)c2Cl)c(C)n1. The summed E-state index contributed by atoms with van der Waals surface area (Å²) in [7, 11) is 0. The average Bonchev–Trinajstić information content (AvgIpc) is 2.67. The molecule has 0 aliphatic rings. The van der Waals surface area contributed by atoms with Gasteiger partial charge in [-0.2, -0.15) is 0 Å². The molecule has 1 aromatic carbocycles. The fraction of sp³-hybridized carbons (Fsp3) is 0.545. The lowest BCUT2D eigenvalue weighted by Crippen LogP contribution is -2.25. The van der Waals surface area contributed by atoms with Crippen LogP contribution in [0.4, 0.5) is 5.82 Å². The van der Waals surface area contributed by atoms with Gasteiger partial charge >= 0.3 is 0 Å². The third-order valence-corrected chi connectivity index (χ3v) is 7.23. The van der Waals surface area contributed by atoms with E-state index in [0.717, 1.165) is 34.3 Å². The molecule has 2 aromatic rings. The standard InChI is InChI=1S/C22H31Cl2N3S/c1-6-14(3)11-17(12-15(4)7-2)27-20-13-25-22(16(5)26-20)28-19-10-8-9-18(23)21(19)24/h8-10,13-15,17H,6-7,11-12H2,1-5H3,(H,26,27). The molecule has 0 bridgehead atoms. The second-order valence-corrected chi connectivity index (χ2v) is 9.46. The third kappa shape index (κ3) is 6.82. The van der Waals surface area contributed by atoms with E-state index in [2.05, 4.69) is 38.0 Å². The Morgan fingerprint density at radius 2 is 1.71 bits per heavy atom. The van der Waals surface area contributed by atoms with E-state index < -0.39 is 0 Å². The minimum absolute atomic E-state index is 0.416. The van der Waals surface area contributed by atoms with Gasteiger partial charge in [0.1, 0.15) is 10.8 Å². The molecule has 0 fully saturated rings. The number of hydrogen-bond donors (Lipinski definition) is 1. The molecule has 2 atom stereocenters. The lowest BCUT2D eigenvalue weighted by Gasteiger charge is -2.25. The highest BCUT2D eigenvalue weighted by Crippen LogP contribution is 2.37. The van der Waals surface area contributed by atoms with Crippen LogP contribution in [0.3, 0.4) is 0 Å². The predicted octanol–water partition coefficient (Wildman–Crippen LogP) is 7.90. The van der Waals surface area contributed by atoms with Gasteiger partial charge in [0, 0.05) is 10.9 Å². The van der Waals surface area contributed by atoms with Gasteiger partial charge in [0.25, 0.3) is 0 Å². The number of halogens is 2. The largest absolute Gasteiger partial charge is 0.366 e. The maximum atomic E-state index is 6.31. The van der Waals surface area contributed by atoms with E-state index in [0.29, 0.717) is 27.9 Å². The highest BCUT2D eigenvalue weighted by atomic mass is 35.5. The predicted molar refractivity (Wildman–Crippen MR) is 123 cm³/mol. The van der Waals surface area contributed by atoms with Crippen LogP contribution in [-0.2, 0) is 0 Å². The van der Waals surface area contributed by atoms with Crippen molar-refractivity contribution in [3.8, 4) is 0 Å². The summed E-state index contributed by atoms with van der Waals surface area (Å²) in [5, 5.41) is 5.58. The van der Waals surface area contributed by atoms with E-state index in [1.54, 1.807) is 6.07 Å². The van der Waals surface area contributed by atoms with E-state index in [1.165, 1.54) is 24.6 Å². The molecular weight excluding hydrogens is 409 g/mol. The maximum Gasteiger partial charge on any atom is 0.145 e. The first-order valence-corrected chi connectivity index (χ1v) is 11.6. The fourth-order valence-corrected chi connectivity index (χ4v) is 4.36. The van der Waals surface area contributed by atoms with Crippen molar-refractivity contribution in [2.45, 2.75) is 76.3 Å². The lowest BCUT2D eigenvalue weighted by atomic mass is 9.91. The zero-order valence-electron chi connectivity index (χ0n) is 17.4. The molecule has 6 heteroatoms. The number of benzene rings is 1. The van der Waals surface area contributed by atoms with Crippen molar-refractivity contribution in [2.24, 2.45) is 11.8 Å². The Labute approximate surface area is 184 Å².